The number of hydrogen-bond acceptors (Lipinski definition) is 8. The minimum Gasteiger partial charge on any atom is -0.376 e. The second kappa shape index (κ2) is 17.9. The van der Waals surface area contributed by atoms with Crippen molar-refractivity contribution in [3.63, 3.8) is 0 Å². The Labute approximate surface area is 246 Å². The Morgan fingerprint density at radius 3 is 2.27 bits per heavy atom. The van der Waals surface area contributed by atoms with Gasteiger partial charge in [0, 0.05) is 31.1 Å². The van der Waals surface area contributed by atoms with E-state index < -0.39 is 36.8 Å². The minimum atomic E-state index is -1.22. The van der Waals surface area contributed by atoms with E-state index in [2.05, 4.69) is 21.3 Å². The number of amides is 4. The largest absolute Gasteiger partial charge is 0.376 e. The second-order valence-electron chi connectivity index (χ2n) is 10.5. The number of benzene rings is 1. The SMILES string of the molecule is CC(C)[C@H](NC(=O)CCCCCN1C(O)C=CC1O)[C@H](O)N[C@@H](CCCNC(N)=O)C(=O)Nc1ccc(CCl)cc1. The van der Waals surface area contributed by atoms with Crippen LogP contribution in [0.25, 0.3) is 0 Å². The average molecular weight is 597 g/mol. The van der Waals surface area contributed by atoms with Gasteiger partial charge in [0.15, 0.2) is 0 Å². The number of urea groups is 1. The molecule has 0 aliphatic carbocycles. The van der Waals surface area contributed by atoms with Gasteiger partial charge in [-0.15, -0.1) is 11.6 Å². The standard InChI is InChI=1S/C28H45ClN6O6/c1-18(2)25(34-22(36)8-4-3-5-16-35-23(37)13-14-24(35)38)27(40)33-21(7-6-15-31-28(30)41)26(39)32-20-11-9-19(17-29)10-12-20/h9-14,18,21,23-25,27,33,37-38,40H,3-8,15-17H2,1-2H3,(H,32,39)(H,34,36)(H3,30,31,41)/t21-,23?,24?,25-,27-/m0/s1. The van der Waals surface area contributed by atoms with Gasteiger partial charge in [-0.05, 0) is 61.4 Å². The van der Waals surface area contributed by atoms with E-state index in [4.69, 9.17) is 17.3 Å². The molecule has 0 radical (unpaired) electrons. The molecular weight excluding hydrogens is 552 g/mol. The predicted molar refractivity (Wildman–Crippen MR) is 157 cm³/mol. The van der Waals surface area contributed by atoms with Gasteiger partial charge in [0.2, 0.25) is 11.8 Å². The first-order valence-corrected chi connectivity index (χ1v) is 14.6. The van der Waals surface area contributed by atoms with Gasteiger partial charge in [-0.25, -0.2) is 9.69 Å². The topological polar surface area (TPSA) is 189 Å². The number of halogens is 1. The maximum absolute atomic E-state index is 13.1. The third-order valence-corrected chi connectivity index (χ3v) is 7.18. The zero-order valence-corrected chi connectivity index (χ0v) is 24.5. The average Bonchev–Trinajstić information content (AvgIpc) is 3.25. The summed E-state index contributed by atoms with van der Waals surface area (Å²) < 4.78 is 0. The van der Waals surface area contributed by atoms with Gasteiger partial charge >= 0.3 is 6.03 Å². The van der Waals surface area contributed by atoms with Crippen molar-refractivity contribution < 1.29 is 29.7 Å². The maximum atomic E-state index is 13.1. The van der Waals surface area contributed by atoms with Gasteiger partial charge < -0.3 is 37.0 Å². The van der Waals surface area contributed by atoms with E-state index in [0.717, 1.165) is 12.0 Å². The fourth-order valence-corrected chi connectivity index (χ4v) is 4.67. The molecule has 2 rings (SSSR count). The monoisotopic (exact) mass is 596 g/mol. The summed E-state index contributed by atoms with van der Waals surface area (Å²) in [6.07, 6.45) is 3.26. The van der Waals surface area contributed by atoms with E-state index in [9.17, 15) is 29.7 Å². The van der Waals surface area contributed by atoms with Crippen molar-refractivity contribution in [1.29, 1.82) is 0 Å². The number of carbonyl (C=O) groups is 3. The molecule has 1 aromatic carbocycles. The number of unbranched alkanes of at least 4 members (excludes halogenated alkanes) is 2. The summed E-state index contributed by atoms with van der Waals surface area (Å²) in [7, 11) is 0. The number of rotatable bonds is 18. The molecule has 5 atom stereocenters. The Morgan fingerprint density at radius 2 is 1.68 bits per heavy atom. The molecule has 0 bridgehead atoms. The quantitative estimate of drug-likeness (QED) is 0.0538. The van der Waals surface area contributed by atoms with Crippen molar-refractivity contribution in [3.05, 3.63) is 42.0 Å². The zero-order chi connectivity index (χ0) is 30.4. The number of hydrogen-bond donors (Lipinski definition) is 8. The van der Waals surface area contributed by atoms with Crippen LogP contribution in [-0.2, 0) is 15.5 Å². The van der Waals surface area contributed by atoms with Gasteiger partial charge in [-0.3, -0.25) is 14.9 Å². The van der Waals surface area contributed by atoms with E-state index in [1.54, 1.807) is 29.2 Å². The molecule has 0 spiro atoms. The van der Waals surface area contributed by atoms with Crippen molar-refractivity contribution in [3.8, 4) is 0 Å². The number of aliphatic hydroxyl groups is 3. The molecule has 4 amide bonds. The molecule has 1 aromatic rings. The summed E-state index contributed by atoms with van der Waals surface area (Å²) >= 11 is 5.84. The lowest BCUT2D eigenvalue weighted by Crippen LogP contribution is -2.57. The molecule has 0 saturated carbocycles. The normalized spacial score (nSPS) is 19.1. The van der Waals surface area contributed by atoms with Crippen molar-refractivity contribution in [2.45, 2.75) is 89.0 Å². The van der Waals surface area contributed by atoms with Crippen molar-refractivity contribution in [1.82, 2.24) is 20.9 Å². The molecule has 13 heteroatoms. The summed E-state index contributed by atoms with van der Waals surface area (Å²) in [6.45, 7) is 4.49. The van der Waals surface area contributed by atoms with E-state index in [1.165, 1.54) is 12.2 Å². The van der Waals surface area contributed by atoms with Crippen LogP contribution in [0.2, 0.25) is 0 Å². The summed E-state index contributed by atoms with van der Waals surface area (Å²) in [5.74, 6) is -0.391. The third kappa shape index (κ3) is 12.3. The fourth-order valence-electron chi connectivity index (χ4n) is 4.49. The van der Waals surface area contributed by atoms with Crippen LogP contribution in [0, 0.1) is 5.92 Å². The van der Waals surface area contributed by atoms with E-state index in [1.807, 2.05) is 13.8 Å². The molecule has 2 unspecified atom stereocenters. The highest BCUT2D eigenvalue weighted by molar-refractivity contribution is 6.17. The van der Waals surface area contributed by atoms with Crippen molar-refractivity contribution >= 4 is 35.1 Å². The molecule has 0 fully saturated rings. The molecule has 0 saturated heterocycles. The lowest BCUT2D eigenvalue weighted by molar-refractivity contribution is -0.124. The zero-order valence-electron chi connectivity index (χ0n) is 23.8. The number of alkyl halides is 1. The Morgan fingerprint density at radius 1 is 1.02 bits per heavy atom. The van der Waals surface area contributed by atoms with E-state index in [-0.39, 0.29) is 37.1 Å². The smallest absolute Gasteiger partial charge is 0.312 e. The van der Waals surface area contributed by atoms with Gasteiger partial charge in [-0.1, -0.05) is 32.4 Å². The number of nitrogens with one attached hydrogen (secondary N) is 4. The highest BCUT2D eigenvalue weighted by Crippen LogP contribution is 2.16. The number of primary amides is 1. The van der Waals surface area contributed by atoms with Crippen molar-refractivity contribution in [2.24, 2.45) is 11.7 Å². The molecule has 0 aromatic heterocycles. The molecule has 41 heavy (non-hydrogen) atoms. The molecule has 1 aliphatic heterocycles. The van der Waals surface area contributed by atoms with Crippen LogP contribution < -0.4 is 27.0 Å². The first-order valence-electron chi connectivity index (χ1n) is 14.0. The third-order valence-electron chi connectivity index (χ3n) is 6.87. The van der Waals surface area contributed by atoms with E-state index in [0.29, 0.717) is 37.4 Å². The van der Waals surface area contributed by atoms with Crippen LogP contribution >= 0.6 is 11.6 Å². The van der Waals surface area contributed by atoms with E-state index >= 15 is 0 Å². The summed E-state index contributed by atoms with van der Waals surface area (Å²) in [5.41, 5.74) is 6.60. The number of anilines is 1. The van der Waals surface area contributed by atoms with Gasteiger partial charge in [-0.2, -0.15) is 0 Å². The van der Waals surface area contributed by atoms with Crippen LogP contribution in [0.5, 0.6) is 0 Å². The van der Waals surface area contributed by atoms with Crippen LogP contribution in [0.4, 0.5) is 10.5 Å². The van der Waals surface area contributed by atoms with Crippen LogP contribution in [0.15, 0.2) is 36.4 Å². The predicted octanol–water partition coefficient (Wildman–Crippen LogP) is 1.30. The molecule has 12 nitrogen and oxygen atoms in total. The lowest BCUT2D eigenvalue weighted by Gasteiger charge is -2.31. The fraction of sp³-hybridized carbons (Fsp3) is 0.607. The highest BCUT2D eigenvalue weighted by atomic mass is 35.5. The summed E-state index contributed by atoms with van der Waals surface area (Å²) in [6, 6.07) is 4.93. The first-order chi connectivity index (χ1) is 19.5. The molecule has 230 valence electrons. The van der Waals surface area contributed by atoms with Crippen molar-refractivity contribution in [2.75, 3.05) is 18.4 Å². The maximum Gasteiger partial charge on any atom is 0.312 e. The summed E-state index contributed by atoms with van der Waals surface area (Å²) in [5, 5.41) is 41.8. The molecule has 9 N–H and O–H groups in total. The molecule has 1 heterocycles. The van der Waals surface area contributed by atoms with Gasteiger partial charge in [0.25, 0.3) is 0 Å². The van der Waals surface area contributed by atoms with Crippen LogP contribution in [0.3, 0.4) is 0 Å². The number of nitrogens with two attached hydrogens (primary N) is 1. The highest BCUT2D eigenvalue weighted by Gasteiger charge is 2.29. The first kappa shape index (κ1) is 34.5. The minimum absolute atomic E-state index is 0.143. The van der Waals surface area contributed by atoms with Gasteiger partial charge in [0.05, 0.1) is 12.1 Å². The van der Waals surface area contributed by atoms with Crippen LogP contribution in [-0.4, -0.2) is 81.9 Å². The lowest BCUT2D eigenvalue weighted by atomic mass is 10.0. The number of aliphatic hydroxyl groups excluding tert-OH is 3. The molecular formula is C28H45ClN6O6. The Balaban J connectivity index is 1.90. The Hall–Kier alpha value is -2.74. The summed E-state index contributed by atoms with van der Waals surface area (Å²) in [4.78, 5) is 38.4. The Bertz CT molecular complexity index is 983. The van der Waals surface area contributed by atoms with Gasteiger partial charge in [0.1, 0.15) is 18.7 Å². The Kier molecular flexibility index (Phi) is 15.1. The number of carbonyl (C=O) groups excluding carboxylic acids is 3. The van der Waals surface area contributed by atoms with Crippen LogP contribution in [0.1, 0.15) is 57.9 Å². The number of nitrogens with zero attached hydrogens (tertiary/aromatic N) is 1. The second-order valence-corrected chi connectivity index (χ2v) is 10.8. The molecule has 1 aliphatic rings.